The Hall–Kier alpha value is -1.52. The van der Waals surface area contributed by atoms with E-state index in [1.165, 1.54) is 0 Å². The SMILES string of the molecule is [2H]C([2H])([2H])Oc1cc(C(=O)OC)on1. The molecular weight excluding hydrogens is 150 g/mol. The third-order valence-corrected chi connectivity index (χ3v) is 0.980. The molecule has 0 atom stereocenters. The van der Waals surface area contributed by atoms with E-state index in [9.17, 15) is 4.79 Å². The largest absolute Gasteiger partial charge is 0.479 e. The van der Waals surface area contributed by atoms with Gasteiger partial charge in [-0.1, -0.05) is 0 Å². The molecule has 1 aromatic heterocycles. The highest BCUT2D eigenvalue weighted by molar-refractivity contribution is 5.86. The highest BCUT2D eigenvalue weighted by Gasteiger charge is 2.12. The summed E-state index contributed by atoms with van der Waals surface area (Å²) in [5, 5.41) is 3.21. The summed E-state index contributed by atoms with van der Waals surface area (Å²) >= 11 is 0. The van der Waals surface area contributed by atoms with E-state index in [1.54, 1.807) is 0 Å². The fourth-order valence-corrected chi connectivity index (χ4v) is 0.504. The van der Waals surface area contributed by atoms with Gasteiger partial charge in [-0.25, -0.2) is 4.79 Å². The molecule has 11 heavy (non-hydrogen) atoms. The molecule has 0 spiro atoms. The molecular formula is C6H7NO4. The predicted octanol–water partition coefficient (Wildman–Crippen LogP) is 0.470. The van der Waals surface area contributed by atoms with E-state index < -0.39 is 13.0 Å². The standard InChI is InChI=1S/C6H7NO4/c1-9-5-3-4(11-7-5)6(8)10-2/h3H,1-2H3/i1D3. The van der Waals surface area contributed by atoms with E-state index in [0.29, 0.717) is 0 Å². The second kappa shape index (κ2) is 3.05. The molecule has 5 nitrogen and oxygen atoms in total. The van der Waals surface area contributed by atoms with Gasteiger partial charge in [0.25, 0.3) is 5.88 Å². The summed E-state index contributed by atoms with van der Waals surface area (Å²) in [5.74, 6) is -1.25. The minimum Gasteiger partial charge on any atom is -0.479 e. The Morgan fingerprint density at radius 3 is 3.36 bits per heavy atom. The molecule has 0 saturated carbocycles. The first-order valence-corrected chi connectivity index (χ1v) is 2.66. The summed E-state index contributed by atoms with van der Waals surface area (Å²) < 4.78 is 33.4. The molecule has 1 heterocycles. The van der Waals surface area contributed by atoms with Crippen LogP contribution in [0.1, 0.15) is 14.7 Å². The van der Waals surface area contributed by atoms with Gasteiger partial charge in [0.15, 0.2) is 0 Å². The van der Waals surface area contributed by atoms with E-state index in [0.717, 1.165) is 13.2 Å². The maximum Gasteiger partial charge on any atom is 0.377 e. The van der Waals surface area contributed by atoms with Crippen LogP contribution in [0, 0.1) is 0 Å². The number of rotatable bonds is 2. The predicted molar refractivity (Wildman–Crippen MR) is 34.4 cm³/mol. The zero-order valence-electron chi connectivity index (χ0n) is 8.66. The normalized spacial score (nSPS) is 14.5. The fourth-order valence-electron chi connectivity index (χ4n) is 0.504. The molecule has 0 amide bonds. The molecule has 1 rings (SSSR count). The van der Waals surface area contributed by atoms with Gasteiger partial charge in [0, 0.05) is 0 Å². The topological polar surface area (TPSA) is 61.6 Å². The van der Waals surface area contributed by atoms with Gasteiger partial charge < -0.3 is 14.0 Å². The molecule has 5 heteroatoms. The van der Waals surface area contributed by atoms with Crippen molar-refractivity contribution >= 4 is 5.97 Å². The number of ether oxygens (including phenoxy) is 2. The number of carbonyl (C=O) groups excluding carboxylic acids is 1. The van der Waals surface area contributed by atoms with Gasteiger partial charge in [-0.3, -0.25) is 0 Å². The Balaban J connectivity index is 2.74. The van der Waals surface area contributed by atoms with Crippen molar-refractivity contribution < 1.29 is 22.9 Å². The first-order chi connectivity index (χ1) is 6.42. The molecule has 0 aromatic carbocycles. The molecule has 0 aliphatic carbocycles. The molecule has 0 fully saturated rings. The van der Waals surface area contributed by atoms with Crippen LogP contribution in [0.3, 0.4) is 0 Å². The molecule has 0 aliphatic heterocycles. The maximum absolute atomic E-state index is 10.8. The summed E-state index contributed by atoms with van der Waals surface area (Å²) in [5.41, 5.74) is 0. The molecule has 0 aliphatic rings. The summed E-state index contributed by atoms with van der Waals surface area (Å²) in [6.07, 6.45) is 0. The van der Waals surface area contributed by atoms with Gasteiger partial charge in [-0.15, -0.1) is 0 Å². The van der Waals surface area contributed by atoms with Crippen molar-refractivity contribution in [2.75, 3.05) is 14.1 Å². The lowest BCUT2D eigenvalue weighted by atomic mass is 10.5. The Kier molecular flexibility index (Phi) is 1.21. The van der Waals surface area contributed by atoms with Crippen molar-refractivity contribution in [1.29, 1.82) is 0 Å². The summed E-state index contributed by atoms with van der Waals surface area (Å²) in [7, 11) is -1.46. The van der Waals surface area contributed by atoms with Crippen molar-refractivity contribution in [3.63, 3.8) is 0 Å². The smallest absolute Gasteiger partial charge is 0.377 e. The average molecular weight is 160 g/mol. The van der Waals surface area contributed by atoms with Crippen LogP contribution in [0.25, 0.3) is 0 Å². The van der Waals surface area contributed by atoms with Crippen LogP contribution in [0.5, 0.6) is 5.88 Å². The van der Waals surface area contributed by atoms with Crippen molar-refractivity contribution in [2.45, 2.75) is 0 Å². The number of esters is 1. The van der Waals surface area contributed by atoms with Gasteiger partial charge in [0.2, 0.25) is 5.76 Å². The highest BCUT2D eigenvalue weighted by Crippen LogP contribution is 2.10. The molecule has 0 unspecified atom stereocenters. The van der Waals surface area contributed by atoms with Crippen LogP contribution in [0.4, 0.5) is 0 Å². The Bertz CT molecular complexity index is 332. The van der Waals surface area contributed by atoms with E-state index in [1.807, 2.05) is 0 Å². The third kappa shape index (κ3) is 1.49. The third-order valence-electron chi connectivity index (χ3n) is 0.980. The fraction of sp³-hybridized carbons (Fsp3) is 0.333. The van der Waals surface area contributed by atoms with Crippen molar-refractivity contribution in [3.8, 4) is 5.88 Å². The van der Waals surface area contributed by atoms with Crippen LogP contribution in [-0.4, -0.2) is 25.3 Å². The monoisotopic (exact) mass is 160 g/mol. The van der Waals surface area contributed by atoms with Crippen molar-refractivity contribution in [1.82, 2.24) is 5.16 Å². The Morgan fingerprint density at radius 2 is 2.73 bits per heavy atom. The van der Waals surface area contributed by atoms with Gasteiger partial charge >= 0.3 is 5.97 Å². The minimum absolute atomic E-state index is 0.216. The van der Waals surface area contributed by atoms with Crippen LogP contribution >= 0.6 is 0 Å². The molecule has 60 valence electrons. The number of hydrogen-bond acceptors (Lipinski definition) is 5. The van der Waals surface area contributed by atoms with Crippen LogP contribution < -0.4 is 4.74 Å². The quantitative estimate of drug-likeness (QED) is 0.588. The summed E-state index contributed by atoms with van der Waals surface area (Å²) in [6.45, 7) is 0. The second-order valence-electron chi connectivity index (χ2n) is 1.62. The number of aromatic nitrogens is 1. The molecule has 0 saturated heterocycles. The van der Waals surface area contributed by atoms with Gasteiger partial charge in [0.1, 0.15) is 0 Å². The molecule has 0 N–H and O–H groups in total. The number of carbonyl (C=O) groups is 1. The van der Waals surface area contributed by atoms with Crippen LogP contribution in [-0.2, 0) is 4.74 Å². The first kappa shape index (κ1) is 4.38. The van der Waals surface area contributed by atoms with Crippen LogP contribution in [0.15, 0.2) is 10.6 Å². The zero-order chi connectivity index (χ0) is 10.8. The van der Waals surface area contributed by atoms with E-state index in [2.05, 4.69) is 19.2 Å². The first-order valence-electron chi connectivity index (χ1n) is 4.16. The molecule has 0 radical (unpaired) electrons. The zero-order valence-corrected chi connectivity index (χ0v) is 5.66. The number of nitrogens with zero attached hydrogens (tertiary/aromatic N) is 1. The van der Waals surface area contributed by atoms with E-state index in [4.69, 9.17) is 4.11 Å². The van der Waals surface area contributed by atoms with E-state index >= 15 is 0 Å². The van der Waals surface area contributed by atoms with Gasteiger partial charge in [0.05, 0.1) is 24.3 Å². The van der Waals surface area contributed by atoms with Crippen molar-refractivity contribution in [2.24, 2.45) is 0 Å². The number of hydrogen-bond donors (Lipinski definition) is 0. The minimum atomic E-state index is -2.62. The van der Waals surface area contributed by atoms with Gasteiger partial charge in [-0.05, 0) is 5.16 Å². The lowest BCUT2D eigenvalue weighted by Gasteiger charge is -1.88. The molecule has 0 bridgehead atoms. The summed E-state index contributed by atoms with van der Waals surface area (Å²) in [6, 6.07) is 1.04. The Labute approximate surface area is 67.1 Å². The highest BCUT2D eigenvalue weighted by atomic mass is 16.6. The van der Waals surface area contributed by atoms with E-state index in [-0.39, 0.29) is 11.6 Å². The Morgan fingerprint density at radius 1 is 1.91 bits per heavy atom. The van der Waals surface area contributed by atoms with Crippen molar-refractivity contribution in [3.05, 3.63) is 11.8 Å². The lowest BCUT2D eigenvalue weighted by molar-refractivity contribution is 0.0554. The number of methoxy groups -OCH3 is 2. The summed E-state index contributed by atoms with van der Waals surface area (Å²) in [4.78, 5) is 10.8. The van der Waals surface area contributed by atoms with Crippen LogP contribution in [0.2, 0.25) is 0 Å². The second-order valence-corrected chi connectivity index (χ2v) is 1.62. The van der Waals surface area contributed by atoms with Gasteiger partial charge in [-0.2, -0.15) is 0 Å². The average Bonchev–Trinajstić information content (AvgIpc) is 2.48. The lowest BCUT2D eigenvalue weighted by Crippen LogP contribution is -1.98. The molecule has 1 aromatic rings. The maximum atomic E-state index is 10.8.